The van der Waals surface area contributed by atoms with Crippen LogP contribution in [0.3, 0.4) is 0 Å². The highest BCUT2D eigenvalue weighted by Crippen LogP contribution is 2.03. The predicted molar refractivity (Wildman–Crippen MR) is 53.9 cm³/mol. The second-order valence-electron chi connectivity index (χ2n) is 2.94. The van der Waals surface area contributed by atoms with Gasteiger partial charge in [0.2, 0.25) is 5.91 Å². The standard InChI is InChI=1S/C10H12F2N2O/c11-9(12)6-13-7-10(15)14-8-4-2-1-3-5-8/h1-5,9,13H,6-7H2,(H,14,15). The van der Waals surface area contributed by atoms with Crippen molar-refractivity contribution in [1.29, 1.82) is 0 Å². The lowest BCUT2D eigenvalue weighted by molar-refractivity contribution is -0.115. The first-order chi connectivity index (χ1) is 7.18. The maximum absolute atomic E-state index is 11.7. The van der Waals surface area contributed by atoms with Crippen molar-refractivity contribution >= 4 is 11.6 Å². The zero-order valence-corrected chi connectivity index (χ0v) is 8.04. The van der Waals surface area contributed by atoms with Crippen LogP contribution in [-0.4, -0.2) is 25.4 Å². The van der Waals surface area contributed by atoms with E-state index in [1.54, 1.807) is 24.3 Å². The van der Waals surface area contributed by atoms with Gasteiger partial charge in [-0.15, -0.1) is 0 Å². The second kappa shape index (κ2) is 6.08. The number of nitrogens with one attached hydrogen (secondary N) is 2. The van der Waals surface area contributed by atoms with Crippen molar-refractivity contribution in [2.45, 2.75) is 6.43 Å². The van der Waals surface area contributed by atoms with Gasteiger partial charge >= 0.3 is 0 Å². The van der Waals surface area contributed by atoms with Crippen LogP contribution in [0.15, 0.2) is 30.3 Å². The fourth-order valence-electron chi connectivity index (χ4n) is 1.02. The minimum absolute atomic E-state index is 0.112. The number of halogens is 2. The molecule has 0 aromatic heterocycles. The van der Waals surface area contributed by atoms with Crippen LogP contribution in [-0.2, 0) is 4.79 Å². The number of hydrogen-bond acceptors (Lipinski definition) is 2. The van der Waals surface area contributed by atoms with Gasteiger partial charge in [0.1, 0.15) is 0 Å². The molecular formula is C10H12F2N2O. The Kier molecular flexibility index (Phi) is 4.70. The Hall–Kier alpha value is -1.49. The van der Waals surface area contributed by atoms with Gasteiger partial charge in [-0.25, -0.2) is 8.78 Å². The quantitative estimate of drug-likeness (QED) is 0.779. The Bertz CT molecular complexity index is 304. The number of amides is 1. The van der Waals surface area contributed by atoms with Crippen LogP contribution in [0.1, 0.15) is 0 Å². The molecule has 0 fully saturated rings. The molecule has 0 aliphatic rings. The molecule has 0 aliphatic carbocycles. The Morgan fingerprint density at radius 1 is 1.27 bits per heavy atom. The first kappa shape index (κ1) is 11.6. The number of carbonyl (C=O) groups excluding carboxylic acids is 1. The molecule has 0 saturated heterocycles. The molecule has 5 heteroatoms. The van der Waals surface area contributed by atoms with Crippen molar-refractivity contribution in [2.75, 3.05) is 18.4 Å². The van der Waals surface area contributed by atoms with E-state index in [-0.39, 0.29) is 12.5 Å². The van der Waals surface area contributed by atoms with Crippen molar-refractivity contribution in [3.8, 4) is 0 Å². The normalized spacial score (nSPS) is 10.3. The number of hydrogen-bond donors (Lipinski definition) is 2. The monoisotopic (exact) mass is 214 g/mol. The van der Waals surface area contributed by atoms with E-state index in [1.165, 1.54) is 0 Å². The number of benzene rings is 1. The molecule has 0 unspecified atom stereocenters. The van der Waals surface area contributed by atoms with E-state index >= 15 is 0 Å². The van der Waals surface area contributed by atoms with Crippen LogP contribution >= 0.6 is 0 Å². The summed E-state index contributed by atoms with van der Waals surface area (Å²) in [4.78, 5) is 11.2. The van der Waals surface area contributed by atoms with Crippen LogP contribution in [0, 0.1) is 0 Å². The summed E-state index contributed by atoms with van der Waals surface area (Å²) in [5, 5.41) is 4.91. The summed E-state index contributed by atoms with van der Waals surface area (Å²) in [7, 11) is 0. The smallest absolute Gasteiger partial charge is 0.250 e. The molecule has 0 spiro atoms. The van der Waals surface area contributed by atoms with Crippen molar-refractivity contribution < 1.29 is 13.6 Å². The Balaban J connectivity index is 2.25. The van der Waals surface area contributed by atoms with Gasteiger partial charge in [-0.3, -0.25) is 4.79 Å². The lowest BCUT2D eigenvalue weighted by Crippen LogP contribution is -2.31. The van der Waals surface area contributed by atoms with Gasteiger partial charge in [0.15, 0.2) is 0 Å². The van der Waals surface area contributed by atoms with Crippen molar-refractivity contribution in [2.24, 2.45) is 0 Å². The maximum atomic E-state index is 11.7. The van der Waals surface area contributed by atoms with E-state index in [0.717, 1.165) is 0 Å². The van der Waals surface area contributed by atoms with Gasteiger partial charge in [0.25, 0.3) is 6.43 Å². The summed E-state index contributed by atoms with van der Waals surface area (Å²) >= 11 is 0. The lowest BCUT2D eigenvalue weighted by Gasteiger charge is -2.05. The zero-order chi connectivity index (χ0) is 11.1. The minimum Gasteiger partial charge on any atom is -0.325 e. The molecule has 0 radical (unpaired) electrons. The van der Waals surface area contributed by atoms with E-state index in [9.17, 15) is 13.6 Å². The average molecular weight is 214 g/mol. The molecule has 1 aromatic rings. The van der Waals surface area contributed by atoms with Crippen LogP contribution in [0.4, 0.5) is 14.5 Å². The molecule has 3 nitrogen and oxygen atoms in total. The maximum Gasteiger partial charge on any atom is 0.250 e. The summed E-state index contributed by atoms with van der Waals surface area (Å²) in [6.07, 6.45) is -2.44. The first-order valence-electron chi connectivity index (χ1n) is 4.52. The molecule has 1 rings (SSSR count). The molecule has 0 bridgehead atoms. The molecule has 0 saturated carbocycles. The van der Waals surface area contributed by atoms with E-state index in [4.69, 9.17) is 0 Å². The Morgan fingerprint density at radius 3 is 2.53 bits per heavy atom. The van der Waals surface area contributed by atoms with E-state index in [2.05, 4.69) is 10.6 Å². The average Bonchev–Trinajstić information content (AvgIpc) is 2.18. The molecule has 1 aromatic carbocycles. The molecule has 0 heterocycles. The molecule has 1 amide bonds. The van der Waals surface area contributed by atoms with Crippen LogP contribution in [0.25, 0.3) is 0 Å². The number of carbonyl (C=O) groups is 1. The van der Waals surface area contributed by atoms with Crippen molar-refractivity contribution in [3.63, 3.8) is 0 Å². The highest BCUT2D eigenvalue weighted by atomic mass is 19.3. The number of anilines is 1. The summed E-state index contributed by atoms with van der Waals surface area (Å²) in [5.41, 5.74) is 0.654. The first-order valence-corrected chi connectivity index (χ1v) is 4.52. The largest absolute Gasteiger partial charge is 0.325 e. The topological polar surface area (TPSA) is 41.1 Å². The SMILES string of the molecule is O=C(CNCC(F)F)Nc1ccccc1. The third-order valence-corrected chi connectivity index (χ3v) is 1.64. The molecule has 82 valence electrons. The van der Waals surface area contributed by atoms with Gasteiger partial charge < -0.3 is 10.6 Å². The second-order valence-corrected chi connectivity index (χ2v) is 2.94. The number of rotatable bonds is 5. The van der Waals surface area contributed by atoms with E-state index in [0.29, 0.717) is 5.69 Å². The van der Waals surface area contributed by atoms with Crippen LogP contribution in [0.5, 0.6) is 0 Å². The summed E-state index contributed by atoms with van der Waals surface area (Å²) in [5.74, 6) is -0.332. The highest BCUT2D eigenvalue weighted by molar-refractivity contribution is 5.92. The van der Waals surface area contributed by atoms with Gasteiger partial charge in [-0.2, -0.15) is 0 Å². The van der Waals surface area contributed by atoms with Crippen molar-refractivity contribution in [1.82, 2.24) is 5.32 Å². The predicted octanol–water partition coefficient (Wildman–Crippen LogP) is 1.48. The summed E-state index contributed by atoms with van der Waals surface area (Å²) in [6.45, 7) is -0.582. The number of alkyl halides is 2. The van der Waals surface area contributed by atoms with Crippen molar-refractivity contribution in [3.05, 3.63) is 30.3 Å². The molecule has 0 atom stereocenters. The zero-order valence-electron chi connectivity index (χ0n) is 8.04. The van der Waals surface area contributed by atoms with Gasteiger partial charge in [0, 0.05) is 5.69 Å². The van der Waals surface area contributed by atoms with Crippen LogP contribution < -0.4 is 10.6 Å². The molecular weight excluding hydrogens is 202 g/mol. The third-order valence-electron chi connectivity index (χ3n) is 1.64. The third kappa shape index (κ3) is 5.07. The molecule has 15 heavy (non-hydrogen) atoms. The molecule has 0 aliphatic heterocycles. The van der Waals surface area contributed by atoms with Crippen LogP contribution in [0.2, 0.25) is 0 Å². The van der Waals surface area contributed by atoms with E-state index in [1.807, 2.05) is 6.07 Å². The fourth-order valence-corrected chi connectivity index (χ4v) is 1.02. The van der Waals surface area contributed by atoms with E-state index < -0.39 is 13.0 Å². The molecule has 2 N–H and O–H groups in total. The Labute approximate surface area is 86.5 Å². The lowest BCUT2D eigenvalue weighted by atomic mass is 10.3. The Morgan fingerprint density at radius 2 is 1.93 bits per heavy atom. The van der Waals surface area contributed by atoms with Gasteiger partial charge in [0.05, 0.1) is 13.1 Å². The summed E-state index contributed by atoms with van der Waals surface area (Å²) in [6, 6.07) is 8.84. The van der Waals surface area contributed by atoms with Gasteiger partial charge in [-0.1, -0.05) is 18.2 Å². The fraction of sp³-hybridized carbons (Fsp3) is 0.300. The van der Waals surface area contributed by atoms with Gasteiger partial charge in [-0.05, 0) is 12.1 Å². The highest BCUT2D eigenvalue weighted by Gasteiger charge is 2.04. The number of para-hydroxylation sites is 1. The summed E-state index contributed by atoms with van der Waals surface area (Å²) < 4.78 is 23.4. The minimum atomic E-state index is -2.44.